The Labute approximate surface area is 239 Å². The van der Waals surface area contributed by atoms with Gasteiger partial charge in [-0.25, -0.2) is 4.79 Å². The lowest BCUT2D eigenvalue weighted by molar-refractivity contribution is -0.236. The quantitative estimate of drug-likeness (QED) is 0.181. The maximum atomic E-state index is 13.5. The monoisotopic (exact) mass is 562 g/mol. The van der Waals surface area contributed by atoms with Crippen LogP contribution < -0.4 is 0 Å². The van der Waals surface area contributed by atoms with Crippen molar-refractivity contribution in [3.05, 3.63) is 108 Å². The fourth-order valence-corrected chi connectivity index (χ4v) is 5.29. The van der Waals surface area contributed by atoms with E-state index >= 15 is 0 Å². The maximum absolute atomic E-state index is 13.5. The van der Waals surface area contributed by atoms with Crippen LogP contribution in [-0.4, -0.2) is 45.3 Å². The van der Waals surface area contributed by atoms with E-state index in [0.29, 0.717) is 13.2 Å². The Balaban J connectivity index is 1.60. The Morgan fingerprint density at radius 2 is 1.10 bits per heavy atom. The number of carbonyl (C=O) groups excluding carboxylic acids is 1. The lowest BCUT2D eigenvalue weighted by Crippen LogP contribution is -2.60. The van der Waals surface area contributed by atoms with Gasteiger partial charge in [-0.1, -0.05) is 112 Å². The molecular formula is C33H42O6Si. The summed E-state index contributed by atoms with van der Waals surface area (Å²) in [6, 6.07) is 29.6. The predicted octanol–water partition coefficient (Wildman–Crippen LogP) is 6.69. The molecule has 4 atom stereocenters. The zero-order chi connectivity index (χ0) is 28.6. The van der Waals surface area contributed by atoms with Gasteiger partial charge in [-0.05, 0) is 34.8 Å². The van der Waals surface area contributed by atoms with Crippen molar-refractivity contribution in [1.29, 1.82) is 0 Å². The van der Waals surface area contributed by atoms with Crippen LogP contribution in [0.5, 0.6) is 0 Å². The molecule has 1 aliphatic rings. The first-order valence-corrected chi connectivity index (χ1v) is 16.9. The predicted molar refractivity (Wildman–Crippen MR) is 158 cm³/mol. The van der Waals surface area contributed by atoms with Crippen LogP contribution in [0.3, 0.4) is 0 Å². The third kappa shape index (κ3) is 8.12. The van der Waals surface area contributed by atoms with E-state index in [-0.39, 0.29) is 18.3 Å². The minimum absolute atomic E-state index is 0.0105. The van der Waals surface area contributed by atoms with Gasteiger partial charge in [-0.3, -0.25) is 0 Å². The van der Waals surface area contributed by atoms with E-state index in [1.807, 2.05) is 91.0 Å². The van der Waals surface area contributed by atoms with Crippen molar-refractivity contribution >= 4 is 14.3 Å². The minimum atomic E-state index is -2.12. The smallest absolute Gasteiger partial charge is 0.338 e. The summed E-state index contributed by atoms with van der Waals surface area (Å²) in [7, 11) is -2.12. The van der Waals surface area contributed by atoms with Gasteiger partial charge in [0.2, 0.25) is 0 Å². The Kier molecular flexibility index (Phi) is 10.3. The number of ether oxygens (including phenoxy) is 4. The Bertz CT molecular complexity index is 1180. The molecule has 0 aromatic heterocycles. The van der Waals surface area contributed by atoms with Gasteiger partial charge in [0.15, 0.2) is 20.5 Å². The van der Waals surface area contributed by atoms with Gasteiger partial charge in [-0.15, -0.1) is 0 Å². The lowest BCUT2D eigenvalue weighted by atomic mass is 9.98. The molecule has 0 saturated carbocycles. The van der Waals surface area contributed by atoms with E-state index < -0.39 is 38.7 Å². The van der Waals surface area contributed by atoms with Crippen LogP contribution in [0.2, 0.25) is 18.1 Å². The fourth-order valence-electron chi connectivity index (χ4n) is 4.28. The summed E-state index contributed by atoms with van der Waals surface area (Å²) in [4.78, 5) is 13.5. The SMILES string of the molecule is CC(C)(C)[Si](C)(C)OC[C@H]1OC(=O)[C@H](OCc2ccccc2)[C@@H](OCc2ccccc2)[C@@H]1OCc1ccccc1. The normalized spacial score (nSPS) is 21.7. The van der Waals surface area contributed by atoms with Crippen molar-refractivity contribution in [3.63, 3.8) is 0 Å². The number of esters is 1. The van der Waals surface area contributed by atoms with Gasteiger partial charge in [-0.2, -0.15) is 0 Å². The minimum Gasteiger partial charge on any atom is -0.455 e. The standard InChI is InChI=1S/C33H42O6Si/c1-33(2,3)40(4,5)38-24-28-29(35-21-25-15-9-6-10-16-25)30(36-22-26-17-11-7-12-18-26)31(32(34)39-28)37-23-27-19-13-8-14-20-27/h6-20,28-31H,21-24H2,1-5H3/t28-,29-,30+,31-/m1/s1. The molecule has 0 amide bonds. The first kappa shape index (κ1) is 30.2. The number of carbonyl (C=O) groups is 1. The van der Waals surface area contributed by atoms with Crippen molar-refractivity contribution in [2.24, 2.45) is 0 Å². The largest absolute Gasteiger partial charge is 0.455 e. The molecule has 3 aromatic rings. The highest BCUT2D eigenvalue weighted by Gasteiger charge is 2.50. The highest BCUT2D eigenvalue weighted by atomic mass is 28.4. The molecule has 0 radical (unpaired) electrons. The van der Waals surface area contributed by atoms with Gasteiger partial charge >= 0.3 is 5.97 Å². The molecule has 40 heavy (non-hydrogen) atoms. The summed E-state index contributed by atoms with van der Waals surface area (Å²) in [6.45, 7) is 12.1. The van der Waals surface area contributed by atoms with Crippen LogP contribution in [0.15, 0.2) is 91.0 Å². The average molecular weight is 563 g/mol. The number of hydrogen-bond acceptors (Lipinski definition) is 6. The number of rotatable bonds is 12. The molecule has 1 aliphatic heterocycles. The van der Waals surface area contributed by atoms with Crippen molar-refractivity contribution in [3.8, 4) is 0 Å². The van der Waals surface area contributed by atoms with E-state index in [4.69, 9.17) is 23.4 Å². The molecule has 7 heteroatoms. The lowest BCUT2D eigenvalue weighted by Gasteiger charge is -2.43. The molecule has 0 aliphatic carbocycles. The van der Waals surface area contributed by atoms with E-state index in [0.717, 1.165) is 16.7 Å². The highest BCUT2D eigenvalue weighted by Crippen LogP contribution is 2.37. The van der Waals surface area contributed by atoms with Gasteiger partial charge in [0.05, 0.1) is 26.4 Å². The summed E-state index contributed by atoms with van der Waals surface area (Å²) < 4.78 is 31.7. The first-order valence-electron chi connectivity index (χ1n) is 13.9. The molecule has 0 unspecified atom stereocenters. The number of hydrogen-bond donors (Lipinski definition) is 0. The molecule has 4 rings (SSSR count). The van der Waals surface area contributed by atoms with E-state index in [1.54, 1.807) is 0 Å². The molecule has 3 aromatic carbocycles. The number of benzene rings is 3. The molecule has 6 nitrogen and oxygen atoms in total. The molecule has 1 saturated heterocycles. The topological polar surface area (TPSA) is 63.2 Å². The van der Waals surface area contributed by atoms with Crippen molar-refractivity contribution in [2.45, 2.75) is 83.1 Å². The van der Waals surface area contributed by atoms with Crippen LogP contribution >= 0.6 is 0 Å². The summed E-state index contributed by atoms with van der Waals surface area (Å²) in [5.74, 6) is -0.461. The van der Waals surface area contributed by atoms with Crippen LogP contribution in [0.1, 0.15) is 37.5 Å². The third-order valence-electron chi connectivity index (χ3n) is 7.75. The zero-order valence-electron chi connectivity index (χ0n) is 24.2. The molecule has 1 heterocycles. The van der Waals surface area contributed by atoms with Crippen LogP contribution in [0, 0.1) is 0 Å². The van der Waals surface area contributed by atoms with Gasteiger partial charge in [0.1, 0.15) is 12.2 Å². The van der Waals surface area contributed by atoms with Crippen LogP contribution in [0.4, 0.5) is 0 Å². The maximum Gasteiger partial charge on any atom is 0.338 e. The van der Waals surface area contributed by atoms with Gasteiger partial charge in [0, 0.05) is 0 Å². The second kappa shape index (κ2) is 13.7. The van der Waals surface area contributed by atoms with Crippen molar-refractivity contribution in [2.75, 3.05) is 6.61 Å². The molecule has 0 spiro atoms. The molecule has 0 bridgehead atoms. The summed E-state index contributed by atoms with van der Waals surface area (Å²) in [6.07, 6.45) is -2.87. The average Bonchev–Trinajstić information content (AvgIpc) is 2.95. The fraction of sp³-hybridized carbons (Fsp3) is 0.424. The van der Waals surface area contributed by atoms with Crippen LogP contribution in [-0.2, 0) is 48.0 Å². The van der Waals surface area contributed by atoms with E-state index in [1.165, 1.54) is 0 Å². The third-order valence-corrected chi connectivity index (χ3v) is 12.2. The molecular weight excluding hydrogens is 520 g/mol. The Hall–Kier alpha value is -2.81. The Morgan fingerprint density at radius 3 is 1.55 bits per heavy atom. The van der Waals surface area contributed by atoms with Gasteiger partial charge < -0.3 is 23.4 Å². The second-order valence-electron chi connectivity index (χ2n) is 11.8. The van der Waals surface area contributed by atoms with E-state index in [9.17, 15) is 4.79 Å². The van der Waals surface area contributed by atoms with Crippen molar-refractivity contribution < 1.29 is 28.2 Å². The second-order valence-corrected chi connectivity index (χ2v) is 16.6. The molecule has 214 valence electrons. The highest BCUT2D eigenvalue weighted by molar-refractivity contribution is 6.74. The number of cyclic esters (lactones) is 1. The van der Waals surface area contributed by atoms with Crippen LogP contribution in [0.25, 0.3) is 0 Å². The molecule has 1 fully saturated rings. The zero-order valence-corrected chi connectivity index (χ0v) is 25.2. The summed E-state index contributed by atoms with van der Waals surface area (Å²) in [5, 5.41) is 0.0105. The van der Waals surface area contributed by atoms with Crippen molar-refractivity contribution in [1.82, 2.24) is 0 Å². The first-order chi connectivity index (χ1) is 19.1. The summed E-state index contributed by atoms with van der Waals surface area (Å²) in [5.41, 5.74) is 2.98. The Morgan fingerprint density at radius 1 is 0.675 bits per heavy atom. The van der Waals surface area contributed by atoms with E-state index in [2.05, 4.69) is 33.9 Å². The molecule has 0 N–H and O–H groups in total. The summed E-state index contributed by atoms with van der Waals surface area (Å²) >= 11 is 0. The van der Waals surface area contributed by atoms with Gasteiger partial charge in [0.25, 0.3) is 0 Å².